The molecule has 9 heteroatoms. The fourth-order valence-electron chi connectivity index (χ4n) is 3.55. The van der Waals surface area contributed by atoms with Crippen molar-refractivity contribution < 1.29 is 13.6 Å². The van der Waals surface area contributed by atoms with E-state index in [0.717, 1.165) is 48.0 Å². The molecule has 1 fully saturated rings. The van der Waals surface area contributed by atoms with Crippen LogP contribution >= 0.6 is 0 Å². The van der Waals surface area contributed by atoms with Crippen molar-refractivity contribution in [2.24, 2.45) is 14.1 Å². The lowest BCUT2D eigenvalue weighted by Gasteiger charge is -2.17. The van der Waals surface area contributed by atoms with E-state index in [1.54, 1.807) is 10.9 Å². The molecule has 1 saturated carbocycles. The highest BCUT2D eigenvalue weighted by atomic mass is 19.3. The molecule has 4 rings (SSSR count). The second kappa shape index (κ2) is 7.06. The summed E-state index contributed by atoms with van der Waals surface area (Å²) >= 11 is 0. The molecule has 1 aliphatic carbocycles. The number of nitrogens with zero attached hydrogens (tertiary/aromatic N) is 5. The quantitative estimate of drug-likeness (QED) is 0.690. The van der Waals surface area contributed by atoms with Crippen molar-refractivity contribution in [1.29, 1.82) is 0 Å². The summed E-state index contributed by atoms with van der Waals surface area (Å²) in [7, 11) is 3.32. The fraction of sp³-hybridized carbons (Fsp3) is 0.400. The van der Waals surface area contributed by atoms with Crippen LogP contribution in [0.3, 0.4) is 0 Å². The Hall–Kier alpha value is -3.10. The Kier molecular flexibility index (Phi) is 4.68. The van der Waals surface area contributed by atoms with Crippen molar-refractivity contribution in [3.63, 3.8) is 0 Å². The molecule has 0 aromatic carbocycles. The van der Waals surface area contributed by atoms with Gasteiger partial charge in [0.1, 0.15) is 11.4 Å². The monoisotopic (exact) mass is 400 g/mol. The molecule has 29 heavy (non-hydrogen) atoms. The third kappa shape index (κ3) is 3.52. The molecule has 152 valence electrons. The van der Waals surface area contributed by atoms with Gasteiger partial charge in [-0.25, -0.2) is 8.78 Å². The third-order valence-corrected chi connectivity index (χ3v) is 5.30. The summed E-state index contributed by atoms with van der Waals surface area (Å²) < 4.78 is 28.7. The summed E-state index contributed by atoms with van der Waals surface area (Å²) in [5, 5.41) is 11.3. The molecule has 3 heterocycles. The Labute approximate surface area is 166 Å². The number of alkyl halides is 2. The number of carbonyl (C=O) groups is 1. The Morgan fingerprint density at radius 2 is 1.97 bits per heavy atom. The van der Waals surface area contributed by atoms with Crippen LogP contribution in [0, 0.1) is 0 Å². The van der Waals surface area contributed by atoms with Gasteiger partial charge in [-0.1, -0.05) is 6.92 Å². The predicted octanol–water partition coefficient (Wildman–Crippen LogP) is 3.13. The Morgan fingerprint density at radius 3 is 2.59 bits per heavy atom. The van der Waals surface area contributed by atoms with Gasteiger partial charge in [-0.05, 0) is 43.5 Å². The third-order valence-electron chi connectivity index (χ3n) is 5.30. The van der Waals surface area contributed by atoms with E-state index in [1.807, 2.05) is 32.2 Å². The van der Waals surface area contributed by atoms with Gasteiger partial charge in [0.25, 0.3) is 12.3 Å². The summed E-state index contributed by atoms with van der Waals surface area (Å²) in [5.74, 6) is -0.427. The van der Waals surface area contributed by atoms with E-state index in [4.69, 9.17) is 0 Å². The molecule has 0 spiro atoms. The lowest BCUT2D eigenvalue weighted by Crippen LogP contribution is -2.37. The van der Waals surface area contributed by atoms with Crippen molar-refractivity contribution in [2.45, 2.75) is 38.2 Å². The summed E-state index contributed by atoms with van der Waals surface area (Å²) in [5.41, 5.74) is 2.79. The van der Waals surface area contributed by atoms with Crippen molar-refractivity contribution in [3.05, 3.63) is 53.2 Å². The maximum Gasteiger partial charge on any atom is 0.282 e. The topological polar surface area (TPSA) is 77.6 Å². The Balaban J connectivity index is 1.60. The number of rotatable bonds is 6. The molecular formula is C20H22F2N6O. The van der Waals surface area contributed by atoms with E-state index in [1.165, 1.54) is 11.7 Å². The van der Waals surface area contributed by atoms with Gasteiger partial charge in [0.05, 0.1) is 16.9 Å². The molecule has 1 aliphatic rings. The van der Waals surface area contributed by atoms with Crippen LogP contribution in [0.5, 0.6) is 0 Å². The second-order valence-corrected chi connectivity index (χ2v) is 7.34. The normalized spacial score (nSPS) is 15.0. The number of aryl methyl sites for hydroxylation is 3. The average Bonchev–Trinajstić information content (AvgIpc) is 3.17. The molecular weight excluding hydrogens is 378 g/mol. The first-order valence-electron chi connectivity index (χ1n) is 9.47. The SMILES string of the molecule is CCc1cc(-c2cc(C3(NC(=O)c4cc(C(F)F)nn4C)CC3)n(C)n2)ccn1. The average molecular weight is 400 g/mol. The first-order chi connectivity index (χ1) is 13.8. The molecule has 0 aliphatic heterocycles. The molecule has 0 radical (unpaired) electrons. The molecule has 1 amide bonds. The molecule has 0 unspecified atom stereocenters. The van der Waals surface area contributed by atoms with Crippen LogP contribution < -0.4 is 5.32 Å². The van der Waals surface area contributed by atoms with Gasteiger partial charge in [0, 0.05) is 31.5 Å². The van der Waals surface area contributed by atoms with E-state index in [9.17, 15) is 13.6 Å². The Bertz CT molecular complexity index is 1070. The number of halogens is 2. The molecule has 0 saturated heterocycles. The number of hydrogen-bond acceptors (Lipinski definition) is 4. The molecule has 7 nitrogen and oxygen atoms in total. The number of aromatic nitrogens is 5. The molecule has 0 atom stereocenters. The smallest absolute Gasteiger partial charge is 0.282 e. The predicted molar refractivity (Wildman–Crippen MR) is 102 cm³/mol. The number of amides is 1. The maximum atomic E-state index is 12.9. The van der Waals surface area contributed by atoms with Crippen LogP contribution in [0.15, 0.2) is 30.5 Å². The van der Waals surface area contributed by atoms with Crippen molar-refractivity contribution >= 4 is 5.91 Å². The van der Waals surface area contributed by atoms with E-state index < -0.39 is 23.6 Å². The minimum Gasteiger partial charge on any atom is -0.340 e. The zero-order chi connectivity index (χ0) is 20.8. The highest BCUT2D eigenvalue weighted by Gasteiger charge is 2.48. The van der Waals surface area contributed by atoms with E-state index in [0.29, 0.717) is 0 Å². The standard InChI is InChI=1S/C20H22F2N6O/c1-4-13-9-12(5-8-23-13)14-11-17(28(3)25-14)20(6-7-20)24-19(29)16-10-15(18(21)22)26-27(16)2/h5,8-11,18H,4,6-7H2,1-3H3,(H,24,29). The summed E-state index contributed by atoms with van der Waals surface area (Å²) in [6.07, 6.45) is 1.39. The second-order valence-electron chi connectivity index (χ2n) is 7.34. The number of hydrogen-bond donors (Lipinski definition) is 1. The molecule has 1 N–H and O–H groups in total. The molecule has 0 bridgehead atoms. The first-order valence-corrected chi connectivity index (χ1v) is 9.47. The summed E-state index contributed by atoms with van der Waals surface area (Å²) in [6.45, 7) is 2.04. The van der Waals surface area contributed by atoms with Crippen molar-refractivity contribution in [2.75, 3.05) is 0 Å². The van der Waals surface area contributed by atoms with Gasteiger partial charge in [-0.15, -0.1) is 0 Å². The Morgan fingerprint density at radius 1 is 1.21 bits per heavy atom. The van der Waals surface area contributed by atoms with Crippen LogP contribution in [0.4, 0.5) is 8.78 Å². The van der Waals surface area contributed by atoms with Crippen LogP contribution in [-0.2, 0) is 26.1 Å². The van der Waals surface area contributed by atoms with Gasteiger partial charge >= 0.3 is 0 Å². The largest absolute Gasteiger partial charge is 0.340 e. The van der Waals surface area contributed by atoms with Crippen LogP contribution in [0.2, 0.25) is 0 Å². The summed E-state index contributed by atoms with van der Waals surface area (Å²) in [6, 6.07) is 7.01. The van der Waals surface area contributed by atoms with Crippen molar-refractivity contribution in [1.82, 2.24) is 29.9 Å². The minimum atomic E-state index is -2.72. The van der Waals surface area contributed by atoms with Crippen LogP contribution in [0.25, 0.3) is 11.3 Å². The van der Waals surface area contributed by atoms with Gasteiger partial charge in [0.15, 0.2) is 0 Å². The lowest BCUT2D eigenvalue weighted by atomic mass is 10.1. The van der Waals surface area contributed by atoms with Crippen LogP contribution in [0.1, 0.15) is 53.8 Å². The fourth-order valence-corrected chi connectivity index (χ4v) is 3.55. The van der Waals surface area contributed by atoms with Gasteiger partial charge in [-0.3, -0.25) is 19.1 Å². The molecule has 3 aromatic heterocycles. The van der Waals surface area contributed by atoms with Gasteiger partial charge in [-0.2, -0.15) is 10.2 Å². The van der Waals surface area contributed by atoms with Gasteiger partial charge < -0.3 is 5.32 Å². The number of nitrogens with one attached hydrogen (secondary N) is 1. The lowest BCUT2D eigenvalue weighted by molar-refractivity contribution is 0.0919. The zero-order valence-electron chi connectivity index (χ0n) is 16.5. The van der Waals surface area contributed by atoms with Gasteiger partial charge in [0.2, 0.25) is 0 Å². The number of carbonyl (C=O) groups excluding carboxylic acids is 1. The summed E-state index contributed by atoms with van der Waals surface area (Å²) in [4.78, 5) is 17.1. The first kappa shape index (κ1) is 19.2. The highest BCUT2D eigenvalue weighted by Crippen LogP contribution is 2.46. The molecule has 3 aromatic rings. The maximum absolute atomic E-state index is 12.9. The van der Waals surface area contributed by atoms with E-state index in [2.05, 4.69) is 20.5 Å². The van der Waals surface area contributed by atoms with E-state index in [-0.39, 0.29) is 5.69 Å². The highest BCUT2D eigenvalue weighted by molar-refractivity contribution is 5.93. The van der Waals surface area contributed by atoms with Crippen LogP contribution in [-0.4, -0.2) is 30.5 Å². The minimum absolute atomic E-state index is 0.107. The zero-order valence-corrected chi connectivity index (χ0v) is 16.5. The number of pyridine rings is 1. The van der Waals surface area contributed by atoms with Crippen molar-refractivity contribution in [3.8, 4) is 11.3 Å². The van der Waals surface area contributed by atoms with E-state index >= 15 is 0 Å².